The number of aliphatic hydroxyl groups excluding tert-OH is 2. The molecule has 2 unspecified atom stereocenters. The maximum atomic E-state index is 11.0. The summed E-state index contributed by atoms with van der Waals surface area (Å²) in [6, 6.07) is 4.99. The highest BCUT2D eigenvalue weighted by molar-refractivity contribution is 5.54. The van der Waals surface area contributed by atoms with Crippen LogP contribution in [0.15, 0.2) is 18.2 Å². The van der Waals surface area contributed by atoms with Gasteiger partial charge < -0.3 is 25.5 Å². The molecule has 1 aliphatic heterocycles. The Morgan fingerprint density at radius 3 is 2.84 bits per heavy atom. The van der Waals surface area contributed by atoms with E-state index in [2.05, 4.69) is 5.32 Å². The van der Waals surface area contributed by atoms with Crippen LogP contribution in [0.2, 0.25) is 0 Å². The highest BCUT2D eigenvalue weighted by Gasteiger charge is 2.33. The van der Waals surface area contributed by atoms with Crippen molar-refractivity contribution in [3.05, 3.63) is 29.0 Å². The Morgan fingerprint density at radius 1 is 1.53 bits per heavy atom. The first-order valence-corrected chi connectivity index (χ1v) is 6.06. The SMILES string of the molecule is Cc1ccc(NC2C[C@H](O)[C@@H](CO)O2)cc1[NH+]([O-])O. The molecule has 1 aliphatic rings. The fraction of sp³-hybridized carbons (Fsp3) is 0.500. The number of hydrogen-bond acceptors (Lipinski definition) is 6. The van der Waals surface area contributed by atoms with Gasteiger partial charge in [0.2, 0.25) is 0 Å². The van der Waals surface area contributed by atoms with Crippen molar-refractivity contribution in [2.75, 3.05) is 11.9 Å². The van der Waals surface area contributed by atoms with E-state index in [1.807, 2.05) is 0 Å². The number of aryl methyl sites for hydroxylation is 1. The lowest BCUT2D eigenvalue weighted by atomic mass is 10.1. The highest BCUT2D eigenvalue weighted by Crippen LogP contribution is 2.24. The van der Waals surface area contributed by atoms with Gasteiger partial charge in [0, 0.05) is 23.7 Å². The summed E-state index contributed by atoms with van der Waals surface area (Å²) in [6.45, 7) is 1.48. The summed E-state index contributed by atoms with van der Waals surface area (Å²) < 4.78 is 5.40. The van der Waals surface area contributed by atoms with Crippen molar-refractivity contribution >= 4 is 11.4 Å². The largest absolute Gasteiger partial charge is 0.595 e. The van der Waals surface area contributed by atoms with Gasteiger partial charge >= 0.3 is 0 Å². The van der Waals surface area contributed by atoms with Crippen LogP contribution in [0.1, 0.15) is 12.0 Å². The predicted molar refractivity (Wildman–Crippen MR) is 66.9 cm³/mol. The van der Waals surface area contributed by atoms with Gasteiger partial charge in [-0.25, -0.2) is 5.21 Å². The Bertz CT molecular complexity index is 440. The standard InChI is InChI=1S/C12H18N2O5/c1-7-2-3-8(4-9(7)14(17)18)13-12-5-10(16)11(6-15)19-12/h2-4,10-17H,5-6H2,1H3/t10-,11+,12?/m0/s1. The molecule has 0 aromatic heterocycles. The van der Waals surface area contributed by atoms with Crippen LogP contribution in [0, 0.1) is 12.1 Å². The molecule has 1 fully saturated rings. The zero-order chi connectivity index (χ0) is 14.0. The molecule has 0 bridgehead atoms. The molecule has 1 aromatic carbocycles. The van der Waals surface area contributed by atoms with Crippen LogP contribution < -0.4 is 10.5 Å². The van der Waals surface area contributed by atoms with Gasteiger partial charge in [-0.3, -0.25) is 0 Å². The Balaban J connectivity index is 2.06. The summed E-state index contributed by atoms with van der Waals surface area (Å²) in [5, 5.41) is 40.7. The van der Waals surface area contributed by atoms with E-state index in [1.54, 1.807) is 19.1 Å². The third-order valence-corrected chi connectivity index (χ3v) is 3.20. The van der Waals surface area contributed by atoms with Crippen molar-refractivity contribution in [2.45, 2.75) is 31.8 Å². The topological polar surface area (TPSA) is 109 Å². The van der Waals surface area contributed by atoms with E-state index in [0.717, 1.165) is 0 Å². The minimum atomic E-state index is -0.984. The fourth-order valence-electron chi connectivity index (χ4n) is 2.11. The van der Waals surface area contributed by atoms with E-state index in [0.29, 0.717) is 17.7 Å². The van der Waals surface area contributed by atoms with Crippen LogP contribution in [0.3, 0.4) is 0 Å². The second kappa shape index (κ2) is 5.83. The Kier molecular flexibility index (Phi) is 4.35. The molecule has 0 amide bonds. The summed E-state index contributed by atoms with van der Waals surface area (Å²) in [6.07, 6.45) is -1.40. The van der Waals surface area contributed by atoms with E-state index in [1.165, 1.54) is 6.07 Å². The highest BCUT2D eigenvalue weighted by atomic mass is 16.8. The Morgan fingerprint density at radius 2 is 2.26 bits per heavy atom. The molecule has 1 aromatic rings. The minimum Gasteiger partial charge on any atom is -0.595 e. The van der Waals surface area contributed by atoms with Gasteiger partial charge in [-0.05, 0) is 13.0 Å². The van der Waals surface area contributed by atoms with Crippen LogP contribution in [0.5, 0.6) is 0 Å². The predicted octanol–water partition coefficient (Wildman–Crippen LogP) is -0.721. The van der Waals surface area contributed by atoms with Crippen molar-refractivity contribution in [1.29, 1.82) is 0 Å². The number of ether oxygens (including phenoxy) is 1. The van der Waals surface area contributed by atoms with E-state index >= 15 is 0 Å². The number of quaternary nitrogens is 1. The first-order chi connectivity index (χ1) is 9.01. The fourth-order valence-corrected chi connectivity index (χ4v) is 2.11. The maximum Gasteiger partial charge on any atom is 0.168 e. The minimum absolute atomic E-state index is 0.224. The number of hydrogen-bond donors (Lipinski definition) is 5. The number of nitrogens with one attached hydrogen (secondary N) is 2. The lowest BCUT2D eigenvalue weighted by Crippen LogP contribution is -2.99. The Labute approximate surface area is 110 Å². The van der Waals surface area contributed by atoms with Gasteiger partial charge in [0.25, 0.3) is 0 Å². The molecule has 106 valence electrons. The molecular formula is C12H18N2O5. The van der Waals surface area contributed by atoms with Crippen molar-refractivity contribution in [3.8, 4) is 0 Å². The quantitative estimate of drug-likeness (QED) is 0.462. The first kappa shape index (κ1) is 14.2. The summed E-state index contributed by atoms with van der Waals surface area (Å²) in [5.41, 5.74) is 1.51. The van der Waals surface area contributed by atoms with Gasteiger partial charge in [-0.15, -0.1) is 0 Å². The number of anilines is 1. The molecule has 7 heteroatoms. The van der Waals surface area contributed by atoms with E-state index in [9.17, 15) is 10.3 Å². The molecule has 2 rings (SSSR count). The van der Waals surface area contributed by atoms with Crippen LogP contribution in [-0.2, 0) is 4.74 Å². The zero-order valence-corrected chi connectivity index (χ0v) is 10.5. The van der Waals surface area contributed by atoms with Crippen molar-refractivity contribution in [1.82, 2.24) is 0 Å². The molecule has 19 heavy (non-hydrogen) atoms. The molecule has 7 nitrogen and oxygen atoms in total. The van der Waals surface area contributed by atoms with Crippen LogP contribution in [-0.4, -0.2) is 40.5 Å². The monoisotopic (exact) mass is 270 g/mol. The van der Waals surface area contributed by atoms with Gasteiger partial charge in [-0.1, -0.05) is 6.07 Å². The first-order valence-electron chi connectivity index (χ1n) is 6.06. The second-order valence-corrected chi connectivity index (χ2v) is 4.63. The summed E-state index contributed by atoms with van der Waals surface area (Å²) in [5.74, 6) is 0. The number of aliphatic hydroxyl groups is 2. The molecule has 4 atom stereocenters. The van der Waals surface area contributed by atoms with Crippen LogP contribution >= 0.6 is 0 Å². The molecule has 0 aliphatic carbocycles. The maximum absolute atomic E-state index is 11.0. The molecule has 5 N–H and O–H groups in total. The average Bonchev–Trinajstić information content (AvgIpc) is 2.71. The lowest BCUT2D eigenvalue weighted by molar-refractivity contribution is -0.991. The molecule has 0 spiro atoms. The van der Waals surface area contributed by atoms with Gasteiger partial charge in [0.1, 0.15) is 12.3 Å². The van der Waals surface area contributed by atoms with Crippen molar-refractivity contribution < 1.29 is 25.4 Å². The van der Waals surface area contributed by atoms with E-state index < -0.39 is 23.7 Å². The van der Waals surface area contributed by atoms with E-state index in [4.69, 9.17) is 15.1 Å². The summed E-state index contributed by atoms with van der Waals surface area (Å²) >= 11 is 0. The molecule has 1 saturated heterocycles. The average molecular weight is 270 g/mol. The smallest absolute Gasteiger partial charge is 0.168 e. The summed E-state index contributed by atoms with van der Waals surface area (Å²) in [4.78, 5) is 0. The van der Waals surface area contributed by atoms with Crippen molar-refractivity contribution in [2.24, 2.45) is 0 Å². The lowest BCUT2D eigenvalue weighted by Gasteiger charge is -2.18. The number of benzene rings is 1. The third-order valence-electron chi connectivity index (χ3n) is 3.20. The van der Waals surface area contributed by atoms with E-state index in [-0.39, 0.29) is 12.3 Å². The van der Waals surface area contributed by atoms with Crippen LogP contribution in [0.4, 0.5) is 11.4 Å². The third kappa shape index (κ3) is 3.21. The van der Waals surface area contributed by atoms with Crippen LogP contribution in [0.25, 0.3) is 0 Å². The Hall–Kier alpha value is -1.22. The summed E-state index contributed by atoms with van der Waals surface area (Å²) in [7, 11) is 0. The second-order valence-electron chi connectivity index (χ2n) is 4.63. The van der Waals surface area contributed by atoms with Crippen molar-refractivity contribution in [3.63, 3.8) is 0 Å². The van der Waals surface area contributed by atoms with Gasteiger partial charge in [0.05, 0.1) is 12.7 Å². The molecular weight excluding hydrogens is 252 g/mol. The molecule has 0 saturated carbocycles. The normalized spacial score (nSPS) is 28.4. The molecule has 0 radical (unpaired) electrons. The number of rotatable bonds is 4. The zero-order valence-electron chi connectivity index (χ0n) is 10.5. The molecule has 1 heterocycles. The van der Waals surface area contributed by atoms with Gasteiger partial charge in [0.15, 0.2) is 5.69 Å². The van der Waals surface area contributed by atoms with Gasteiger partial charge in [-0.2, -0.15) is 5.23 Å².